The van der Waals surface area contributed by atoms with Gasteiger partial charge in [0.1, 0.15) is 22.3 Å². The Bertz CT molecular complexity index is 1080. The third kappa shape index (κ3) is 5.12. The van der Waals surface area contributed by atoms with Crippen LogP contribution in [0.25, 0.3) is 0 Å². The molecule has 3 aromatic rings. The standard InChI is InChI=1S/C21H24ClN7OS/c1-12-5-4-6-15(22)19(12)28-20(30)16-10-24-21(31-16)27-17-9-18(26-14(3)25-17)29-8-7-23-13(2)11-29/h4-6,9-10,13,23H,7-8,11H2,1-3H3,(H,28,30)(H,24,25,26,27). The lowest BCUT2D eigenvalue weighted by molar-refractivity contribution is 0.103. The molecule has 8 nitrogen and oxygen atoms in total. The van der Waals surface area contributed by atoms with E-state index in [2.05, 4.69) is 42.7 Å². The van der Waals surface area contributed by atoms with Crippen LogP contribution in [-0.2, 0) is 0 Å². The maximum Gasteiger partial charge on any atom is 0.267 e. The van der Waals surface area contributed by atoms with Gasteiger partial charge in [-0.2, -0.15) is 0 Å². The number of hydrogen-bond acceptors (Lipinski definition) is 8. The van der Waals surface area contributed by atoms with Gasteiger partial charge in [0.25, 0.3) is 5.91 Å². The number of hydrogen-bond donors (Lipinski definition) is 3. The topological polar surface area (TPSA) is 95.1 Å². The number of carbonyl (C=O) groups is 1. The molecule has 10 heteroatoms. The van der Waals surface area contributed by atoms with Gasteiger partial charge in [-0.05, 0) is 32.4 Å². The van der Waals surface area contributed by atoms with E-state index in [9.17, 15) is 4.79 Å². The lowest BCUT2D eigenvalue weighted by Gasteiger charge is -2.32. The van der Waals surface area contributed by atoms with Gasteiger partial charge in [-0.1, -0.05) is 35.1 Å². The molecule has 0 bridgehead atoms. The van der Waals surface area contributed by atoms with Crippen molar-refractivity contribution in [2.45, 2.75) is 26.8 Å². The molecule has 3 heterocycles. The highest BCUT2D eigenvalue weighted by Gasteiger charge is 2.19. The van der Waals surface area contributed by atoms with Gasteiger partial charge in [0, 0.05) is 31.7 Å². The Kier molecular flexibility index (Phi) is 6.35. The monoisotopic (exact) mass is 457 g/mol. The number of amides is 1. The molecule has 31 heavy (non-hydrogen) atoms. The van der Waals surface area contributed by atoms with Crippen molar-refractivity contribution in [1.82, 2.24) is 20.3 Å². The summed E-state index contributed by atoms with van der Waals surface area (Å²) in [6.07, 6.45) is 1.54. The number of aryl methyl sites for hydroxylation is 2. The molecule has 4 rings (SSSR count). The molecule has 0 radical (unpaired) electrons. The van der Waals surface area contributed by atoms with Gasteiger partial charge in [0.15, 0.2) is 5.13 Å². The van der Waals surface area contributed by atoms with E-state index >= 15 is 0 Å². The summed E-state index contributed by atoms with van der Waals surface area (Å²) in [4.78, 5) is 28.8. The van der Waals surface area contributed by atoms with Crippen LogP contribution in [0, 0.1) is 13.8 Å². The third-order valence-corrected chi connectivity index (χ3v) is 6.17. The molecule has 1 fully saturated rings. The Morgan fingerprint density at radius 3 is 2.94 bits per heavy atom. The van der Waals surface area contributed by atoms with Crippen molar-refractivity contribution in [3.8, 4) is 0 Å². The van der Waals surface area contributed by atoms with E-state index < -0.39 is 0 Å². The quantitative estimate of drug-likeness (QED) is 0.533. The summed E-state index contributed by atoms with van der Waals surface area (Å²) in [5.41, 5.74) is 1.51. The molecule has 3 N–H and O–H groups in total. The minimum Gasteiger partial charge on any atom is -0.354 e. The molecule has 1 atom stereocenters. The average Bonchev–Trinajstić information content (AvgIpc) is 3.19. The SMILES string of the molecule is Cc1nc(Nc2ncc(C(=O)Nc3c(C)cccc3Cl)s2)cc(N2CCNC(C)C2)n1. The second-order valence-electron chi connectivity index (χ2n) is 7.50. The predicted octanol–water partition coefficient (Wildman–Crippen LogP) is 4.00. The lowest BCUT2D eigenvalue weighted by atomic mass is 10.2. The zero-order chi connectivity index (χ0) is 22.0. The smallest absolute Gasteiger partial charge is 0.267 e. The first-order valence-corrected chi connectivity index (χ1v) is 11.2. The molecule has 1 aromatic carbocycles. The summed E-state index contributed by atoms with van der Waals surface area (Å²) in [6.45, 7) is 8.62. The first-order chi connectivity index (χ1) is 14.9. The molecule has 1 unspecified atom stereocenters. The van der Waals surface area contributed by atoms with E-state index in [-0.39, 0.29) is 5.91 Å². The Hall–Kier alpha value is -2.75. The van der Waals surface area contributed by atoms with Crippen LogP contribution in [0.15, 0.2) is 30.5 Å². The minimum atomic E-state index is -0.254. The molecule has 2 aromatic heterocycles. The molecule has 0 spiro atoms. The average molecular weight is 458 g/mol. The number of halogens is 1. The van der Waals surface area contributed by atoms with E-state index in [4.69, 9.17) is 11.6 Å². The molecule has 1 aliphatic rings. The van der Waals surface area contributed by atoms with Crippen LogP contribution in [0.4, 0.5) is 22.5 Å². The van der Waals surface area contributed by atoms with Crippen molar-refractivity contribution in [3.63, 3.8) is 0 Å². The summed E-state index contributed by atoms with van der Waals surface area (Å²) in [5.74, 6) is 1.95. The zero-order valence-electron chi connectivity index (χ0n) is 17.6. The molecular weight excluding hydrogens is 434 g/mol. The first-order valence-electron chi connectivity index (χ1n) is 10.0. The van der Waals surface area contributed by atoms with Gasteiger partial charge in [-0.15, -0.1) is 0 Å². The molecule has 1 aliphatic heterocycles. The Morgan fingerprint density at radius 2 is 2.16 bits per heavy atom. The predicted molar refractivity (Wildman–Crippen MR) is 126 cm³/mol. The maximum atomic E-state index is 12.7. The van der Waals surface area contributed by atoms with Crippen LogP contribution < -0.4 is 20.9 Å². The van der Waals surface area contributed by atoms with Crippen LogP contribution >= 0.6 is 22.9 Å². The number of rotatable bonds is 5. The summed E-state index contributed by atoms with van der Waals surface area (Å²) in [5, 5.41) is 10.6. The van der Waals surface area contributed by atoms with E-state index in [1.165, 1.54) is 11.3 Å². The number of carbonyl (C=O) groups excluding carboxylic acids is 1. The number of aromatic nitrogens is 3. The summed E-state index contributed by atoms with van der Waals surface area (Å²) < 4.78 is 0. The molecule has 1 saturated heterocycles. The number of anilines is 4. The van der Waals surface area contributed by atoms with Gasteiger partial charge >= 0.3 is 0 Å². The normalized spacial score (nSPS) is 16.3. The third-order valence-electron chi connectivity index (χ3n) is 4.94. The van der Waals surface area contributed by atoms with Crippen LogP contribution in [0.2, 0.25) is 5.02 Å². The molecule has 0 saturated carbocycles. The maximum absolute atomic E-state index is 12.7. The van der Waals surface area contributed by atoms with Crippen molar-refractivity contribution >= 4 is 51.3 Å². The summed E-state index contributed by atoms with van der Waals surface area (Å²) in [7, 11) is 0. The van der Waals surface area contributed by atoms with Gasteiger partial charge in [0.05, 0.1) is 16.9 Å². The number of nitrogens with one attached hydrogen (secondary N) is 3. The van der Waals surface area contributed by atoms with Crippen LogP contribution in [0.3, 0.4) is 0 Å². The molecular formula is C21H24ClN7OS. The van der Waals surface area contributed by atoms with Gasteiger partial charge < -0.3 is 20.9 Å². The van der Waals surface area contributed by atoms with E-state index in [1.807, 2.05) is 32.0 Å². The van der Waals surface area contributed by atoms with Gasteiger partial charge in [0.2, 0.25) is 0 Å². The van der Waals surface area contributed by atoms with Crippen molar-refractivity contribution in [1.29, 1.82) is 0 Å². The fourth-order valence-corrected chi connectivity index (χ4v) is 4.42. The summed E-state index contributed by atoms with van der Waals surface area (Å²) in [6, 6.07) is 7.82. The first kappa shape index (κ1) is 21.5. The second kappa shape index (κ2) is 9.17. The Balaban J connectivity index is 1.48. The number of thiazole rings is 1. The highest BCUT2D eigenvalue weighted by atomic mass is 35.5. The van der Waals surface area contributed by atoms with Gasteiger partial charge in [-0.3, -0.25) is 4.79 Å². The van der Waals surface area contributed by atoms with Crippen molar-refractivity contribution < 1.29 is 4.79 Å². The zero-order valence-corrected chi connectivity index (χ0v) is 19.1. The molecule has 1 amide bonds. The Morgan fingerprint density at radius 1 is 1.32 bits per heavy atom. The number of nitrogens with zero attached hydrogens (tertiary/aromatic N) is 4. The van der Waals surface area contributed by atoms with Crippen LogP contribution in [0.1, 0.15) is 28.0 Å². The highest BCUT2D eigenvalue weighted by Crippen LogP contribution is 2.28. The largest absolute Gasteiger partial charge is 0.354 e. The minimum absolute atomic E-state index is 0.254. The Labute approximate surface area is 190 Å². The summed E-state index contributed by atoms with van der Waals surface area (Å²) >= 11 is 7.47. The lowest BCUT2D eigenvalue weighted by Crippen LogP contribution is -2.49. The highest BCUT2D eigenvalue weighted by molar-refractivity contribution is 7.17. The molecule has 162 valence electrons. The van der Waals surface area contributed by atoms with Gasteiger partial charge in [-0.25, -0.2) is 15.0 Å². The molecule has 0 aliphatic carbocycles. The van der Waals surface area contributed by atoms with E-state index in [1.54, 1.807) is 12.3 Å². The van der Waals surface area contributed by atoms with E-state index in [0.717, 1.165) is 31.0 Å². The van der Waals surface area contributed by atoms with Crippen molar-refractivity contribution in [3.05, 3.63) is 51.7 Å². The fourth-order valence-electron chi connectivity index (χ4n) is 3.43. The number of piperazine rings is 1. The number of benzene rings is 1. The second-order valence-corrected chi connectivity index (χ2v) is 8.94. The van der Waals surface area contributed by atoms with Crippen LogP contribution in [0.5, 0.6) is 0 Å². The van der Waals surface area contributed by atoms with Crippen molar-refractivity contribution in [2.24, 2.45) is 0 Å². The fraction of sp³-hybridized carbons (Fsp3) is 0.333. The van der Waals surface area contributed by atoms with E-state index in [0.29, 0.717) is 38.4 Å². The van der Waals surface area contributed by atoms with Crippen molar-refractivity contribution in [2.75, 3.05) is 35.2 Å². The number of para-hydroxylation sites is 1. The van der Waals surface area contributed by atoms with Crippen LogP contribution in [-0.4, -0.2) is 46.5 Å².